The summed E-state index contributed by atoms with van der Waals surface area (Å²) in [6, 6.07) is 9.43. The van der Waals surface area contributed by atoms with E-state index in [1.54, 1.807) is 0 Å². The van der Waals surface area contributed by atoms with Gasteiger partial charge in [0.2, 0.25) is 0 Å². The van der Waals surface area contributed by atoms with Gasteiger partial charge in [0, 0.05) is 38.1 Å². The summed E-state index contributed by atoms with van der Waals surface area (Å²) in [4.78, 5) is 5.17. The number of fused-ring (bicyclic) bond motifs is 1. The zero-order valence-electron chi connectivity index (χ0n) is 13.4. The second kappa shape index (κ2) is 5.52. The highest BCUT2D eigenvalue weighted by Gasteiger charge is 2.39. The molecular formula is C18H24N4. The van der Waals surface area contributed by atoms with Crippen LogP contribution < -0.4 is 0 Å². The lowest BCUT2D eigenvalue weighted by Crippen LogP contribution is -2.32. The van der Waals surface area contributed by atoms with E-state index in [4.69, 9.17) is 0 Å². The van der Waals surface area contributed by atoms with E-state index in [1.807, 2.05) is 23.1 Å². The average Bonchev–Trinajstić information content (AvgIpc) is 3.21. The van der Waals surface area contributed by atoms with E-state index in [0.717, 1.165) is 24.2 Å². The number of likely N-dealkylation sites (tertiary alicyclic amines) is 2. The predicted octanol–water partition coefficient (Wildman–Crippen LogP) is 2.32. The second-order valence-corrected chi connectivity index (χ2v) is 6.85. The Morgan fingerprint density at radius 2 is 2.18 bits per heavy atom. The molecule has 0 amide bonds. The maximum Gasteiger partial charge on any atom is 0.0648 e. The van der Waals surface area contributed by atoms with Gasteiger partial charge in [0.25, 0.3) is 0 Å². The van der Waals surface area contributed by atoms with Gasteiger partial charge in [-0.25, -0.2) is 4.68 Å². The van der Waals surface area contributed by atoms with Crippen molar-refractivity contribution in [3.05, 3.63) is 47.8 Å². The molecule has 1 aromatic heterocycles. The molecule has 0 N–H and O–H groups in total. The van der Waals surface area contributed by atoms with Crippen molar-refractivity contribution in [2.75, 3.05) is 26.7 Å². The highest BCUT2D eigenvalue weighted by molar-refractivity contribution is 5.39. The molecular weight excluding hydrogens is 272 g/mol. The van der Waals surface area contributed by atoms with Crippen molar-refractivity contribution in [1.82, 2.24) is 19.6 Å². The Kier molecular flexibility index (Phi) is 3.51. The molecule has 116 valence electrons. The lowest BCUT2D eigenvalue weighted by molar-refractivity contribution is 0.255. The Bertz CT molecular complexity index is 649. The molecule has 4 nitrogen and oxygen atoms in total. The molecule has 4 rings (SSSR count). The molecule has 0 aliphatic carbocycles. The van der Waals surface area contributed by atoms with Crippen LogP contribution >= 0.6 is 0 Å². The summed E-state index contributed by atoms with van der Waals surface area (Å²) in [5.41, 5.74) is 3.95. The molecule has 1 aromatic carbocycles. The molecule has 22 heavy (non-hydrogen) atoms. The van der Waals surface area contributed by atoms with Crippen LogP contribution in [0.3, 0.4) is 0 Å². The zero-order chi connectivity index (χ0) is 15.1. The smallest absolute Gasteiger partial charge is 0.0648 e. The van der Waals surface area contributed by atoms with Crippen LogP contribution in [0.25, 0.3) is 5.69 Å². The molecule has 2 saturated heterocycles. The van der Waals surface area contributed by atoms with E-state index in [0.29, 0.717) is 0 Å². The highest BCUT2D eigenvalue weighted by atomic mass is 15.3. The number of benzene rings is 1. The van der Waals surface area contributed by atoms with Crippen LogP contribution in [-0.4, -0.2) is 52.3 Å². The van der Waals surface area contributed by atoms with Crippen LogP contribution in [-0.2, 0) is 6.54 Å². The SMILES string of the molecule is Cc1cc(-n2cccn2)ccc1CN1C[C@@H]2CCN(C)[C@@H]2C1. The highest BCUT2D eigenvalue weighted by Crippen LogP contribution is 2.31. The van der Waals surface area contributed by atoms with Crippen LogP contribution in [0.5, 0.6) is 0 Å². The molecule has 2 aliphatic rings. The van der Waals surface area contributed by atoms with Gasteiger partial charge in [-0.15, -0.1) is 0 Å². The van der Waals surface area contributed by atoms with Crippen molar-refractivity contribution in [3.63, 3.8) is 0 Å². The van der Waals surface area contributed by atoms with Gasteiger partial charge in [0.1, 0.15) is 0 Å². The Balaban J connectivity index is 1.48. The number of nitrogens with zero attached hydrogens (tertiary/aromatic N) is 4. The summed E-state index contributed by atoms with van der Waals surface area (Å²) in [5, 5.41) is 4.31. The monoisotopic (exact) mass is 296 g/mol. The summed E-state index contributed by atoms with van der Waals surface area (Å²) < 4.78 is 1.92. The van der Waals surface area contributed by atoms with Crippen molar-refractivity contribution >= 4 is 0 Å². The number of hydrogen-bond acceptors (Lipinski definition) is 3. The van der Waals surface area contributed by atoms with Crippen molar-refractivity contribution in [1.29, 1.82) is 0 Å². The summed E-state index contributed by atoms with van der Waals surface area (Å²) in [6.45, 7) is 7.05. The summed E-state index contributed by atoms with van der Waals surface area (Å²) in [7, 11) is 2.28. The van der Waals surface area contributed by atoms with Crippen LogP contribution in [0.15, 0.2) is 36.7 Å². The molecule has 2 aliphatic heterocycles. The molecule has 4 heteroatoms. The minimum absolute atomic E-state index is 0.781. The van der Waals surface area contributed by atoms with E-state index < -0.39 is 0 Å². The predicted molar refractivity (Wildman–Crippen MR) is 88.1 cm³/mol. The molecule has 0 unspecified atom stereocenters. The van der Waals surface area contributed by atoms with Gasteiger partial charge in [0.05, 0.1) is 5.69 Å². The number of rotatable bonds is 3. The summed E-state index contributed by atoms with van der Waals surface area (Å²) >= 11 is 0. The molecule has 2 fully saturated rings. The molecule has 2 atom stereocenters. The fraction of sp³-hybridized carbons (Fsp3) is 0.500. The van der Waals surface area contributed by atoms with Gasteiger partial charge < -0.3 is 4.90 Å². The van der Waals surface area contributed by atoms with Gasteiger partial charge in [-0.3, -0.25) is 4.90 Å². The Morgan fingerprint density at radius 1 is 1.27 bits per heavy atom. The van der Waals surface area contributed by atoms with Crippen LogP contribution in [0.4, 0.5) is 0 Å². The summed E-state index contributed by atoms with van der Waals surface area (Å²) in [5.74, 6) is 0.883. The minimum Gasteiger partial charge on any atom is -0.302 e. The third kappa shape index (κ3) is 2.46. The van der Waals surface area contributed by atoms with E-state index in [1.165, 1.54) is 37.2 Å². The topological polar surface area (TPSA) is 24.3 Å². The summed E-state index contributed by atoms with van der Waals surface area (Å²) in [6.07, 6.45) is 5.18. The fourth-order valence-electron chi connectivity index (χ4n) is 4.05. The first-order chi connectivity index (χ1) is 10.7. The van der Waals surface area contributed by atoms with Gasteiger partial charge in [0.15, 0.2) is 0 Å². The number of aromatic nitrogens is 2. The zero-order valence-corrected chi connectivity index (χ0v) is 13.4. The number of hydrogen-bond donors (Lipinski definition) is 0. The van der Waals surface area contributed by atoms with E-state index >= 15 is 0 Å². The molecule has 3 heterocycles. The van der Waals surface area contributed by atoms with Gasteiger partial charge in [-0.1, -0.05) is 6.07 Å². The van der Waals surface area contributed by atoms with Gasteiger partial charge >= 0.3 is 0 Å². The number of likely N-dealkylation sites (N-methyl/N-ethyl adjacent to an activating group) is 1. The van der Waals surface area contributed by atoms with Crippen molar-refractivity contribution in [3.8, 4) is 5.69 Å². The Hall–Kier alpha value is -1.65. The second-order valence-electron chi connectivity index (χ2n) is 6.85. The van der Waals surface area contributed by atoms with Crippen LogP contribution in [0.1, 0.15) is 17.5 Å². The standard InChI is InChI=1S/C18H24N4/c1-14-10-17(22-8-3-7-19-22)5-4-15(14)11-21-12-16-6-9-20(2)18(16)13-21/h3-5,7-8,10,16,18H,6,9,11-13H2,1-2H3/t16-,18+/m0/s1. The first-order valence-electron chi connectivity index (χ1n) is 8.23. The lowest BCUT2D eigenvalue weighted by Gasteiger charge is -2.21. The van der Waals surface area contributed by atoms with Crippen molar-refractivity contribution < 1.29 is 0 Å². The number of aryl methyl sites for hydroxylation is 1. The fourth-order valence-corrected chi connectivity index (χ4v) is 4.05. The minimum atomic E-state index is 0.781. The largest absolute Gasteiger partial charge is 0.302 e. The Morgan fingerprint density at radius 3 is 2.91 bits per heavy atom. The van der Waals surface area contributed by atoms with E-state index in [9.17, 15) is 0 Å². The maximum absolute atomic E-state index is 4.31. The molecule has 0 saturated carbocycles. The van der Waals surface area contributed by atoms with Crippen molar-refractivity contribution in [2.45, 2.75) is 25.9 Å². The third-order valence-electron chi connectivity index (χ3n) is 5.39. The Labute approximate surface area is 132 Å². The molecule has 0 bridgehead atoms. The van der Waals surface area contributed by atoms with Gasteiger partial charge in [-0.2, -0.15) is 5.10 Å². The van der Waals surface area contributed by atoms with E-state index in [2.05, 4.69) is 47.1 Å². The normalized spacial score (nSPS) is 25.7. The van der Waals surface area contributed by atoms with Crippen LogP contribution in [0, 0.1) is 12.8 Å². The quantitative estimate of drug-likeness (QED) is 0.869. The lowest BCUT2D eigenvalue weighted by atomic mass is 10.1. The maximum atomic E-state index is 4.31. The molecule has 0 radical (unpaired) electrons. The molecule has 2 aromatic rings. The molecule has 0 spiro atoms. The van der Waals surface area contributed by atoms with Crippen molar-refractivity contribution in [2.24, 2.45) is 5.92 Å². The van der Waals surface area contributed by atoms with E-state index in [-0.39, 0.29) is 0 Å². The third-order valence-corrected chi connectivity index (χ3v) is 5.39. The average molecular weight is 296 g/mol. The van der Waals surface area contributed by atoms with Gasteiger partial charge in [-0.05, 0) is 62.2 Å². The first-order valence-corrected chi connectivity index (χ1v) is 8.23. The van der Waals surface area contributed by atoms with Crippen LogP contribution in [0.2, 0.25) is 0 Å². The first kappa shape index (κ1) is 14.0.